The van der Waals surface area contributed by atoms with Gasteiger partial charge >= 0.3 is 0 Å². The number of carbonyl (C=O) groups is 1. The van der Waals surface area contributed by atoms with E-state index in [2.05, 4.69) is 5.18 Å². The fourth-order valence-corrected chi connectivity index (χ4v) is 1.20. The summed E-state index contributed by atoms with van der Waals surface area (Å²) in [7, 11) is 2.98. The maximum absolute atomic E-state index is 10.5. The van der Waals surface area contributed by atoms with Gasteiger partial charge in [0.2, 0.25) is 0 Å². The van der Waals surface area contributed by atoms with Crippen molar-refractivity contribution in [3.8, 4) is 11.5 Å². The Morgan fingerprint density at radius 1 is 1.27 bits per heavy atom. The predicted molar refractivity (Wildman–Crippen MR) is 54.1 cm³/mol. The zero-order chi connectivity index (χ0) is 11.3. The predicted octanol–water partition coefficient (Wildman–Crippen LogP) is 1.71. The number of carbonyl (C=O) groups excluding carboxylic acids is 1. The molecular weight excluding hydrogens is 198 g/mol. The van der Waals surface area contributed by atoms with E-state index < -0.39 is 6.04 Å². The van der Waals surface area contributed by atoms with Crippen molar-refractivity contribution in [2.24, 2.45) is 5.18 Å². The van der Waals surface area contributed by atoms with Crippen molar-refractivity contribution < 1.29 is 14.3 Å². The first-order valence-corrected chi connectivity index (χ1v) is 4.26. The van der Waals surface area contributed by atoms with E-state index in [0.29, 0.717) is 23.3 Å². The van der Waals surface area contributed by atoms with E-state index in [4.69, 9.17) is 9.47 Å². The zero-order valence-corrected chi connectivity index (χ0v) is 8.47. The number of aldehydes is 1. The lowest BCUT2D eigenvalue weighted by Crippen LogP contribution is -1.98. The van der Waals surface area contributed by atoms with Crippen LogP contribution in [-0.4, -0.2) is 20.5 Å². The van der Waals surface area contributed by atoms with Gasteiger partial charge in [-0.3, -0.25) is 0 Å². The van der Waals surface area contributed by atoms with Crippen molar-refractivity contribution >= 4 is 6.29 Å². The van der Waals surface area contributed by atoms with Crippen LogP contribution in [0.15, 0.2) is 23.4 Å². The fourth-order valence-electron chi connectivity index (χ4n) is 1.20. The maximum Gasteiger partial charge on any atom is 0.172 e. The van der Waals surface area contributed by atoms with Crippen LogP contribution in [0.25, 0.3) is 0 Å². The van der Waals surface area contributed by atoms with E-state index in [0.717, 1.165) is 0 Å². The lowest BCUT2D eigenvalue weighted by molar-refractivity contribution is -0.108. The zero-order valence-electron chi connectivity index (χ0n) is 8.47. The van der Waals surface area contributed by atoms with Crippen molar-refractivity contribution in [3.05, 3.63) is 28.7 Å². The molecule has 0 saturated heterocycles. The summed E-state index contributed by atoms with van der Waals surface area (Å²) in [6, 6.07) is 3.78. The molecule has 1 rings (SSSR count). The van der Waals surface area contributed by atoms with Crippen molar-refractivity contribution in [2.75, 3.05) is 14.2 Å². The van der Waals surface area contributed by atoms with Crippen molar-refractivity contribution in [1.29, 1.82) is 0 Å². The Labute approximate surface area is 87.0 Å². The molecule has 0 fully saturated rings. The van der Waals surface area contributed by atoms with Gasteiger partial charge in [-0.2, -0.15) is 0 Å². The number of rotatable bonds is 5. The number of benzene rings is 1. The normalized spacial score (nSPS) is 11.6. The molecule has 0 N–H and O–H groups in total. The molecule has 80 valence electrons. The third-order valence-corrected chi connectivity index (χ3v) is 1.99. The van der Waals surface area contributed by atoms with E-state index in [1.807, 2.05) is 0 Å². The molecule has 1 atom stereocenters. The lowest BCUT2D eigenvalue weighted by atomic mass is 10.1. The van der Waals surface area contributed by atoms with Crippen LogP contribution in [0.2, 0.25) is 0 Å². The Bertz CT molecular complexity index is 356. The monoisotopic (exact) mass is 209 g/mol. The highest BCUT2D eigenvalue weighted by Crippen LogP contribution is 2.30. The minimum Gasteiger partial charge on any atom is -0.493 e. The van der Waals surface area contributed by atoms with Gasteiger partial charge in [0.05, 0.1) is 14.2 Å². The number of hydrogen-bond acceptors (Lipinski definition) is 5. The van der Waals surface area contributed by atoms with Gasteiger partial charge in [-0.15, -0.1) is 4.91 Å². The largest absolute Gasteiger partial charge is 0.493 e. The van der Waals surface area contributed by atoms with Crippen LogP contribution in [0.4, 0.5) is 0 Å². The molecule has 0 radical (unpaired) electrons. The highest BCUT2D eigenvalue weighted by atomic mass is 16.5. The van der Waals surface area contributed by atoms with E-state index >= 15 is 0 Å². The number of methoxy groups -OCH3 is 2. The molecule has 0 aliphatic heterocycles. The Hall–Kier alpha value is -1.91. The summed E-state index contributed by atoms with van der Waals surface area (Å²) in [5, 5.41) is 2.69. The summed E-state index contributed by atoms with van der Waals surface area (Å²) >= 11 is 0. The minimum atomic E-state index is -0.996. The number of nitrogens with zero attached hydrogens (tertiary/aromatic N) is 1. The van der Waals surface area contributed by atoms with Gasteiger partial charge < -0.3 is 14.3 Å². The second-order valence-corrected chi connectivity index (χ2v) is 2.80. The third kappa shape index (κ3) is 2.31. The van der Waals surface area contributed by atoms with Crippen LogP contribution >= 0.6 is 0 Å². The lowest BCUT2D eigenvalue weighted by Gasteiger charge is -2.09. The smallest absolute Gasteiger partial charge is 0.172 e. The molecule has 0 amide bonds. The summed E-state index contributed by atoms with van der Waals surface area (Å²) in [6.45, 7) is 0. The van der Waals surface area contributed by atoms with E-state index in [1.54, 1.807) is 18.2 Å². The van der Waals surface area contributed by atoms with Gasteiger partial charge in [0.25, 0.3) is 0 Å². The fraction of sp³-hybridized carbons (Fsp3) is 0.300. The topological polar surface area (TPSA) is 65.0 Å². The highest BCUT2D eigenvalue weighted by molar-refractivity contribution is 5.63. The van der Waals surface area contributed by atoms with E-state index in [1.165, 1.54) is 14.2 Å². The Balaban J connectivity index is 3.11. The van der Waals surface area contributed by atoms with Crippen molar-refractivity contribution in [1.82, 2.24) is 0 Å². The molecule has 1 aromatic rings. The number of hydrogen-bond donors (Lipinski definition) is 0. The van der Waals surface area contributed by atoms with Gasteiger partial charge in [0.1, 0.15) is 0 Å². The van der Waals surface area contributed by atoms with Crippen LogP contribution in [-0.2, 0) is 4.79 Å². The van der Waals surface area contributed by atoms with E-state index in [-0.39, 0.29) is 0 Å². The summed E-state index contributed by atoms with van der Waals surface area (Å²) < 4.78 is 10.0. The van der Waals surface area contributed by atoms with Gasteiger partial charge in [-0.25, -0.2) is 0 Å². The molecule has 0 aromatic heterocycles. The Morgan fingerprint density at radius 3 is 2.40 bits per heavy atom. The second kappa shape index (κ2) is 5.09. The quantitative estimate of drug-likeness (QED) is 0.547. The highest BCUT2D eigenvalue weighted by Gasteiger charge is 2.13. The van der Waals surface area contributed by atoms with Gasteiger partial charge in [-0.05, 0) is 17.7 Å². The molecule has 1 unspecified atom stereocenters. The third-order valence-electron chi connectivity index (χ3n) is 1.99. The second-order valence-electron chi connectivity index (χ2n) is 2.80. The summed E-state index contributed by atoms with van der Waals surface area (Å²) in [5.74, 6) is 1.00. The van der Waals surface area contributed by atoms with Crippen LogP contribution in [0.5, 0.6) is 11.5 Å². The molecule has 0 saturated carbocycles. The Kier molecular flexibility index (Phi) is 3.79. The molecule has 0 aliphatic rings. The van der Waals surface area contributed by atoms with Gasteiger partial charge in [0, 0.05) is 0 Å². The molecule has 15 heavy (non-hydrogen) atoms. The first kappa shape index (κ1) is 11.2. The standard InChI is InChI=1S/C10H11NO4/c1-14-9-4-3-7(5-10(9)15-2)8(6-12)11-13/h3-6,8H,1-2H3. The molecule has 5 nitrogen and oxygen atoms in total. The maximum atomic E-state index is 10.5. The molecule has 0 heterocycles. The average Bonchev–Trinajstić information content (AvgIpc) is 2.30. The van der Waals surface area contributed by atoms with Crippen LogP contribution in [0.3, 0.4) is 0 Å². The summed E-state index contributed by atoms with van der Waals surface area (Å²) in [5.41, 5.74) is 0.484. The molecule has 1 aromatic carbocycles. The molecular formula is C10H11NO4. The minimum absolute atomic E-state index is 0.463. The Morgan fingerprint density at radius 2 is 1.93 bits per heavy atom. The van der Waals surface area contributed by atoms with Crippen molar-refractivity contribution in [3.63, 3.8) is 0 Å². The molecule has 0 spiro atoms. The first-order chi connectivity index (χ1) is 7.26. The van der Waals surface area contributed by atoms with Gasteiger partial charge in [0.15, 0.2) is 23.8 Å². The van der Waals surface area contributed by atoms with Crippen LogP contribution < -0.4 is 9.47 Å². The first-order valence-electron chi connectivity index (χ1n) is 4.26. The van der Waals surface area contributed by atoms with Crippen LogP contribution in [0, 0.1) is 4.91 Å². The number of nitroso groups, excluding NO2 is 1. The average molecular weight is 209 g/mol. The summed E-state index contributed by atoms with van der Waals surface area (Å²) in [6.07, 6.45) is 0.480. The number of ether oxygens (including phenoxy) is 2. The van der Waals surface area contributed by atoms with Crippen molar-refractivity contribution in [2.45, 2.75) is 6.04 Å². The van der Waals surface area contributed by atoms with E-state index in [9.17, 15) is 9.70 Å². The SMILES string of the molecule is COc1ccc(C(C=O)N=O)cc1OC. The summed E-state index contributed by atoms with van der Waals surface area (Å²) in [4.78, 5) is 20.9. The molecule has 0 aliphatic carbocycles. The molecule has 0 bridgehead atoms. The molecule has 5 heteroatoms. The van der Waals surface area contributed by atoms with Crippen LogP contribution in [0.1, 0.15) is 11.6 Å². The van der Waals surface area contributed by atoms with Gasteiger partial charge in [-0.1, -0.05) is 11.2 Å².